The van der Waals surface area contributed by atoms with Crippen molar-refractivity contribution in [2.24, 2.45) is 5.41 Å². The van der Waals surface area contributed by atoms with Gasteiger partial charge in [-0.15, -0.1) is 0 Å². The highest BCUT2D eigenvalue weighted by atomic mass is 16.5. The van der Waals surface area contributed by atoms with Gasteiger partial charge in [-0.2, -0.15) is 0 Å². The number of rotatable bonds is 7. The molecule has 1 N–H and O–H groups in total. The normalized spacial score (nSPS) is 11.8. The molecule has 0 spiro atoms. The van der Waals surface area contributed by atoms with Crippen LogP contribution in [-0.4, -0.2) is 26.8 Å². The van der Waals surface area contributed by atoms with Crippen molar-refractivity contribution in [3.8, 4) is 0 Å². The van der Waals surface area contributed by atoms with Crippen LogP contribution in [0.25, 0.3) is 0 Å². The van der Waals surface area contributed by atoms with E-state index in [1.54, 1.807) is 7.11 Å². The van der Waals surface area contributed by atoms with Crippen molar-refractivity contribution < 1.29 is 4.74 Å². The molecule has 0 unspecified atom stereocenters. The first-order valence-corrected chi connectivity index (χ1v) is 6.70. The molecule has 0 saturated heterocycles. The molecule has 1 aromatic carbocycles. The summed E-state index contributed by atoms with van der Waals surface area (Å²) in [5.41, 5.74) is 4.46. The summed E-state index contributed by atoms with van der Waals surface area (Å²) in [7, 11) is 1.74. The number of aryl methyl sites for hydroxylation is 2. The van der Waals surface area contributed by atoms with Crippen molar-refractivity contribution in [1.29, 1.82) is 0 Å². The molecule has 0 aliphatic rings. The van der Waals surface area contributed by atoms with Gasteiger partial charge in [-0.1, -0.05) is 32.0 Å². The van der Waals surface area contributed by atoms with Crippen molar-refractivity contribution in [2.75, 3.05) is 26.8 Å². The van der Waals surface area contributed by atoms with Crippen LogP contribution < -0.4 is 5.32 Å². The van der Waals surface area contributed by atoms with Gasteiger partial charge in [0.15, 0.2) is 0 Å². The molecule has 0 aliphatic carbocycles. The average molecular weight is 249 g/mol. The largest absolute Gasteiger partial charge is 0.383 e. The van der Waals surface area contributed by atoms with Gasteiger partial charge in [0, 0.05) is 20.2 Å². The van der Waals surface area contributed by atoms with Crippen molar-refractivity contribution >= 4 is 0 Å². The van der Waals surface area contributed by atoms with Gasteiger partial charge in [-0.25, -0.2) is 0 Å². The fourth-order valence-corrected chi connectivity index (χ4v) is 2.13. The number of benzene rings is 1. The molecule has 18 heavy (non-hydrogen) atoms. The molecule has 2 nitrogen and oxygen atoms in total. The first-order chi connectivity index (χ1) is 8.44. The number of nitrogens with one attached hydrogen (secondary N) is 1. The maximum atomic E-state index is 5.04. The first-order valence-electron chi connectivity index (χ1n) is 6.70. The lowest BCUT2D eigenvalue weighted by Crippen LogP contribution is -2.33. The molecule has 0 saturated carbocycles. The van der Waals surface area contributed by atoms with Gasteiger partial charge in [-0.05, 0) is 42.4 Å². The third-order valence-electron chi connectivity index (χ3n) is 3.34. The van der Waals surface area contributed by atoms with Crippen LogP contribution in [0, 0.1) is 19.3 Å². The van der Waals surface area contributed by atoms with E-state index in [2.05, 4.69) is 51.2 Å². The molecule has 0 aromatic heterocycles. The molecule has 0 atom stereocenters. The maximum Gasteiger partial charge on any atom is 0.0587 e. The zero-order chi connectivity index (χ0) is 13.6. The lowest BCUT2D eigenvalue weighted by atomic mass is 9.85. The Kier molecular flexibility index (Phi) is 5.83. The second kappa shape index (κ2) is 6.91. The molecule has 1 aromatic rings. The zero-order valence-corrected chi connectivity index (χ0v) is 12.5. The van der Waals surface area contributed by atoms with Gasteiger partial charge in [0.25, 0.3) is 0 Å². The van der Waals surface area contributed by atoms with Crippen LogP contribution in [-0.2, 0) is 11.2 Å². The number of hydrogen-bond donors (Lipinski definition) is 1. The highest BCUT2D eigenvalue weighted by Gasteiger charge is 2.18. The van der Waals surface area contributed by atoms with Crippen molar-refractivity contribution in [2.45, 2.75) is 34.1 Å². The maximum absolute atomic E-state index is 5.04. The van der Waals surface area contributed by atoms with E-state index >= 15 is 0 Å². The molecule has 0 fully saturated rings. The molecule has 1 rings (SSSR count). The van der Waals surface area contributed by atoms with Gasteiger partial charge in [-0.3, -0.25) is 0 Å². The van der Waals surface area contributed by atoms with E-state index in [4.69, 9.17) is 4.74 Å². The third-order valence-corrected chi connectivity index (χ3v) is 3.34. The van der Waals surface area contributed by atoms with E-state index < -0.39 is 0 Å². The lowest BCUT2D eigenvalue weighted by molar-refractivity contribution is 0.194. The van der Waals surface area contributed by atoms with E-state index in [9.17, 15) is 0 Å². The fourth-order valence-electron chi connectivity index (χ4n) is 2.13. The number of hydrogen-bond acceptors (Lipinski definition) is 2. The van der Waals surface area contributed by atoms with Crippen molar-refractivity contribution in [1.82, 2.24) is 5.32 Å². The quantitative estimate of drug-likeness (QED) is 0.750. The van der Waals surface area contributed by atoms with Crippen LogP contribution in [0.15, 0.2) is 18.2 Å². The minimum Gasteiger partial charge on any atom is -0.383 e. The summed E-state index contributed by atoms with van der Waals surface area (Å²) in [6, 6.07) is 6.78. The SMILES string of the molecule is COCCNCC(C)(C)Cc1ccc(C)c(C)c1. The van der Waals surface area contributed by atoms with Crippen LogP contribution in [0.2, 0.25) is 0 Å². The van der Waals surface area contributed by atoms with E-state index in [0.29, 0.717) is 0 Å². The van der Waals surface area contributed by atoms with Gasteiger partial charge < -0.3 is 10.1 Å². The van der Waals surface area contributed by atoms with E-state index in [1.165, 1.54) is 16.7 Å². The summed E-state index contributed by atoms with van der Waals surface area (Å²) in [5, 5.41) is 3.45. The van der Waals surface area contributed by atoms with Crippen LogP contribution in [0.4, 0.5) is 0 Å². The Hall–Kier alpha value is -0.860. The van der Waals surface area contributed by atoms with E-state index in [0.717, 1.165) is 26.1 Å². The highest BCUT2D eigenvalue weighted by Crippen LogP contribution is 2.22. The molecular weight excluding hydrogens is 222 g/mol. The molecular formula is C16H27NO. The van der Waals surface area contributed by atoms with E-state index in [1.807, 2.05) is 0 Å². The monoisotopic (exact) mass is 249 g/mol. The van der Waals surface area contributed by atoms with Crippen molar-refractivity contribution in [3.63, 3.8) is 0 Å². The Morgan fingerprint density at radius 3 is 2.50 bits per heavy atom. The highest BCUT2D eigenvalue weighted by molar-refractivity contribution is 5.30. The van der Waals surface area contributed by atoms with Crippen molar-refractivity contribution in [3.05, 3.63) is 34.9 Å². The molecule has 0 radical (unpaired) electrons. The van der Waals surface area contributed by atoms with Gasteiger partial charge in [0.05, 0.1) is 6.61 Å². The Balaban J connectivity index is 2.50. The Bertz CT molecular complexity index is 371. The smallest absolute Gasteiger partial charge is 0.0587 e. The summed E-state index contributed by atoms with van der Waals surface area (Å²) >= 11 is 0. The second-order valence-electron chi connectivity index (χ2n) is 5.93. The Morgan fingerprint density at radius 1 is 1.17 bits per heavy atom. The molecule has 0 bridgehead atoms. The van der Waals surface area contributed by atoms with Gasteiger partial charge in [0.2, 0.25) is 0 Å². The first kappa shape index (κ1) is 15.2. The predicted octanol–water partition coefficient (Wildman–Crippen LogP) is 3.11. The zero-order valence-electron chi connectivity index (χ0n) is 12.5. The third kappa shape index (κ3) is 5.19. The standard InChI is InChI=1S/C16H27NO/c1-13-6-7-15(10-14(13)2)11-16(3,4)12-17-8-9-18-5/h6-7,10,17H,8-9,11-12H2,1-5H3. The molecule has 0 heterocycles. The Morgan fingerprint density at radius 2 is 1.89 bits per heavy atom. The molecule has 0 aliphatic heterocycles. The van der Waals surface area contributed by atoms with Crippen LogP contribution in [0.5, 0.6) is 0 Å². The molecule has 102 valence electrons. The fraction of sp³-hybridized carbons (Fsp3) is 0.625. The summed E-state index contributed by atoms with van der Waals surface area (Å²) in [6.07, 6.45) is 1.11. The average Bonchev–Trinajstić information content (AvgIpc) is 2.29. The van der Waals surface area contributed by atoms with Crippen LogP contribution >= 0.6 is 0 Å². The summed E-state index contributed by atoms with van der Waals surface area (Å²) in [4.78, 5) is 0. The Labute approximate surface area is 112 Å². The topological polar surface area (TPSA) is 21.3 Å². The van der Waals surface area contributed by atoms with Crippen LogP contribution in [0.1, 0.15) is 30.5 Å². The predicted molar refractivity (Wildman–Crippen MR) is 78.1 cm³/mol. The number of ether oxygens (including phenoxy) is 1. The lowest BCUT2D eigenvalue weighted by Gasteiger charge is -2.25. The molecule has 0 amide bonds. The van der Waals surface area contributed by atoms with Gasteiger partial charge in [0.1, 0.15) is 0 Å². The minimum absolute atomic E-state index is 0.273. The summed E-state index contributed by atoms with van der Waals surface area (Å²) in [5.74, 6) is 0. The number of methoxy groups -OCH3 is 1. The molecule has 2 heteroatoms. The van der Waals surface area contributed by atoms with Gasteiger partial charge >= 0.3 is 0 Å². The summed E-state index contributed by atoms with van der Waals surface area (Å²) < 4.78 is 5.04. The minimum atomic E-state index is 0.273. The second-order valence-corrected chi connectivity index (χ2v) is 5.93. The van der Waals surface area contributed by atoms with E-state index in [-0.39, 0.29) is 5.41 Å². The van der Waals surface area contributed by atoms with Crippen LogP contribution in [0.3, 0.4) is 0 Å². The summed E-state index contributed by atoms with van der Waals surface area (Å²) in [6.45, 7) is 11.7.